The smallest absolute Gasteiger partial charge is 0.374 e. The average Bonchev–Trinajstić information content (AvgIpc) is 3.54. The van der Waals surface area contributed by atoms with Gasteiger partial charge in [-0.05, 0) is 69.2 Å². The molecule has 194 valence electrons. The van der Waals surface area contributed by atoms with Gasteiger partial charge in [0.05, 0.1) is 18.6 Å². The number of piperidine rings is 1. The average molecular weight is 526 g/mol. The van der Waals surface area contributed by atoms with E-state index in [4.69, 9.17) is 18.3 Å². The Morgan fingerprint density at radius 2 is 1.81 bits per heavy atom. The van der Waals surface area contributed by atoms with Gasteiger partial charge in [0.15, 0.2) is 0 Å². The van der Waals surface area contributed by atoms with Gasteiger partial charge in [-0.1, -0.05) is 0 Å². The third kappa shape index (κ3) is 4.72. The molecule has 0 unspecified atom stereocenters. The van der Waals surface area contributed by atoms with Crippen LogP contribution in [0.4, 0.5) is 0 Å². The van der Waals surface area contributed by atoms with Gasteiger partial charge in [0, 0.05) is 35.5 Å². The number of hydrogen-bond donors (Lipinski definition) is 0. The van der Waals surface area contributed by atoms with Crippen LogP contribution >= 0.6 is 0 Å². The fraction of sp³-hybridized carbons (Fsp3) is 0.346. The van der Waals surface area contributed by atoms with Crippen LogP contribution in [0.25, 0.3) is 22.4 Å². The third-order valence-corrected chi connectivity index (χ3v) is 8.48. The monoisotopic (exact) mass is 525 g/mol. The Labute approximate surface area is 214 Å². The predicted molar refractivity (Wildman–Crippen MR) is 134 cm³/mol. The van der Waals surface area contributed by atoms with Crippen LogP contribution < -0.4 is 4.74 Å². The molecule has 4 aromatic rings. The minimum absolute atomic E-state index is 0.0308. The van der Waals surface area contributed by atoms with Gasteiger partial charge in [-0.2, -0.15) is 4.31 Å². The van der Waals surface area contributed by atoms with Gasteiger partial charge in [0.1, 0.15) is 11.3 Å². The number of esters is 1. The standard InChI is InChI=1S/C26H27N3O7S/c1-4-34-26(30)23-16(2)21-15-20(9-10-22(21)35-23)37(31,32)29-13-11-18(12-14-29)25-28-27-24(36-25)17-5-7-19(33-3)8-6-17/h5-10,15,18H,4,11-14H2,1-3H3. The van der Waals surface area contributed by atoms with Crippen molar-refractivity contribution < 1.29 is 31.5 Å². The maximum Gasteiger partial charge on any atom is 0.374 e. The van der Waals surface area contributed by atoms with Crippen molar-refractivity contribution >= 4 is 27.0 Å². The number of fused-ring (bicyclic) bond motifs is 1. The number of carbonyl (C=O) groups is 1. The van der Waals surface area contributed by atoms with E-state index >= 15 is 0 Å². The van der Waals surface area contributed by atoms with E-state index in [2.05, 4.69) is 10.2 Å². The third-order valence-electron chi connectivity index (χ3n) is 6.59. The van der Waals surface area contributed by atoms with Crippen LogP contribution in [0.15, 0.2) is 56.2 Å². The van der Waals surface area contributed by atoms with Crippen LogP contribution in [0.5, 0.6) is 5.75 Å². The van der Waals surface area contributed by atoms with Crippen LogP contribution in [-0.4, -0.2) is 55.7 Å². The van der Waals surface area contributed by atoms with Gasteiger partial charge >= 0.3 is 5.97 Å². The molecule has 5 rings (SSSR count). The Hall–Kier alpha value is -3.70. The summed E-state index contributed by atoms with van der Waals surface area (Å²) in [6.45, 7) is 4.29. The Morgan fingerprint density at radius 1 is 1.08 bits per heavy atom. The normalized spacial score (nSPS) is 15.2. The quantitative estimate of drug-likeness (QED) is 0.320. The molecule has 1 fully saturated rings. The lowest BCUT2D eigenvalue weighted by Crippen LogP contribution is -2.37. The maximum atomic E-state index is 13.4. The minimum atomic E-state index is -3.74. The van der Waals surface area contributed by atoms with E-state index in [1.807, 2.05) is 24.3 Å². The summed E-state index contributed by atoms with van der Waals surface area (Å²) >= 11 is 0. The lowest BCUT2D eigenvalue weighted by molar-refractivity contribution is 0.0491. The van der Waals surface area contributed by atoms with E-state index in [-0.39, 0.29) is 23.2 Å². The number of hydrogen-bond acceptors (Lipinski definition) is 9. The molecule has 2 aromatic carbocycles. The van der Waals surface area contributed by atoms with Gasteiger partial charge in [-0.3, -0.25) is 0 Å². The summed E-state index contributed by atoms with van der Waals surface area (Å²) in [7, 11) is -2.14. The largest absolute Gasteiger partial charge is 0.497 e. The van der Waals surface area contributed by atoms with E-state index in [1.54, 1.807) is 33.1 Å². The number of furan rings is 1. The summed E-state index contributed by atoms with van der Waals surface area (Å²) in [4.78, 5) is 12.3. The number of aromatic nitrogens is 2. The van der Waals surface area contributed by atoms with E-state index in [0.717, 1.165) is 11.3 Å². The summed E-state index contributed by atoms with van der Waals surface area (Å²) in [5.41, 5.74) is 1.77. The summed E-state index contributed by atoms with van der Waals surface area (Å²) in [5, 5.41) is 8.94. The van der Waals surface area contributed by atoms with Crippen molar-refractivity contribution in [2.24, 2.45) is 0 Å². The van der Waals surface area contributed by atoms with Crippen LogP contribution in [0.3, 0.4) is 0 Å². The van der Waals surface area contributed by atoms with Crippen molar-refractivity contribution in [1.82, 2.24) is 14.5 Å². The van der Waals surface area contributed by atoms with Gasteiger partial charge < -0.3 is 18.3 Å². The van der Waals surface area contributed by atoms with Crippen molar-refractivity contribution in [3.05, 3.63) is 59.7 Å². The highest BCUT2D eigenvalue weighted by atomic mass is 32.2. The molecule has 37 heavy (non-hydrogen) atoms. The van der Waals surface area contributed by atoms with Crippen molar-refractivity contribution in [3.63, 3.8) is 0 Å². The molecule has 0 radical (unpaired) electrons. The lowest BCUT2D eigenvalue weighted by atomic mass is 9.98. The topological polar surface area (TPSA) is 125 Å². The SMILES string of the molecule is CCOC(=O)c1oc2ccc(S(=O)(=O)N3CCC(c4nnc(-c5ccc(OC)cc5)o4)CC3)cc2c1C. The zero-order valence-corrected chi connectivity index (χ0v) is 21.6. The fourth-order valence-corrected chi connectivity index (χ4v) is 5.99. The fourth-order valence-electron chi connectivity index (χ4n) is 4.49. The Balaban J connectivity index is 1.30. The van der Waals surface area contributed by atoms with Crippen LogP contribution in [-0.2, 0) is 14.8 Å². The highest BCUT2D eigenvalue weighted by Crippen LogP contribution is 2.34. The molecule has 0 aliphatic carbocycles. The van der Waals surface area contributed by atoms with Gasteiger partial charge in [0.25, 0.3) is 0 Å². The van der Waals surface area contributed by atoms with Crippen molar-refractivity contribution in [2.45, 2.75) is 37.5 Å². The molecule has 1 aliphatic rings. The maximum absolute atomic E-state index is 13.4. The molecule has 10 nitrogen and oxygen atoms in total. The molecule has 2 aromatic heterocycles. The minimum Gasteiger partial charge on any atom is -0.497 e. The predicted octanol–water partition coefficient (Wildman–Crippen LogP) is 4.54. The molecule has 0 saturated carbocycles. The number of rotatable bonds is 7. The molecule has 0 atom stereocenters. The molecule has 11 heteroatoms. The molecule has 0 N–H and O–H groups in total. The number of methoxy groups -OCH3 is 1. The summed E-state index contributed by atoms with van der Waals surface area (Å²) in [5.74, 6) is 1.14. The Bertz CT molecular complexity index is 1530. The first kappa shape index (κ1) is 25.0. The second kappa shape index (κ2) is 9.98. The van der Waals surface area contributed by atoms with Crippen molar-refractivity contribution in [2.75, 3.05) is 26.8 Å². The first-order valence-electron chi connectivity index (χ1n) is 12.0. The van der Waals surface area contributed by atoms with Gasteiger partial charge in [-0.25, -0.2) is 13.2 Å². The molecule has 1 saturated heterocycles. The molecule has 0 bridgehead atoms. The summed E-state index contributed by atoms with van der Waals surface area (Å²) < 4.78 is 50.0. The Morgan fingerprint density at radius 3 is 2.49 bits per heavy atom. The number of benzene rings is 2. The zero-order valence-electron chi connectivity index (χ0n) is 20.8. The number of nitrogens with zero attached hydrogens (tertiary/aromatic N) is 3. The molecule has 1 aliphatic heterocycles. The first-order valence-corrected chi connectivity index (χ1v) is 13.4. The van der Waals surface area contributed by atoms with Gasteiger partial charge in [-0.15, -0.1) is 10.2 Å². The second-order valence-corrected chi connectivity index (χ2v) is 10.7. The lowest BCUT2D eigenvalue weighted by Gasteiger charge is -2.29. The van der Waals surface area contributed by atoms with E-state index < -0.39 is 16.0 Å². The van der Waals surface area contributed by atoms with Crippen molar-refractivity contribution in [1.29, 1.82) is 0 Å². The van der Waals surface area contributed by atoms with Crippen LogP contribution in [0.1, 0.15) is 47.7 Å². The number of sulfonamides is 1. The number of aryl methyl sites for hydroxylation is 1. The molecule has 0 amide bonds. The van der Waals surface area contributed by atoms with Crippen LogP contribution in [0, 0.1) is 6.92 Å². The molecule has 0 spiro atoms. The van der Waals surface area contributed by atoms with E-state index in [9.17, 15) is 13.2 Å². The molecule has 3 heterocycles. The summed E-state index contributed by atoms with van der Waals surface area (Å²) in [6, 6.07) is 12.0. The van der Waals surface area contributed by atoms with Crippen molar-refractivity contribution in [3.8, 4) is 17.2 Å². The van der Waals surface area contributed by atoms with Gasteiger partial charge in [0.2, 0.25) is 27.6 Å². The zero-order chi connectivity index (χ0) is 26.2. The number of carbonyl (C=O) groups excluding carboxylic acids is 1. The molecular weight excluding hydrogens is 498 g/mol. The second-order valence-electron chi connectivity index (χ2n) is 8.79. The van der Waals surface area contributed by atoms with E-state index in [1.165, 1.54) is 10.4 Å². The Kier molecular flexibility index (Phi) is 6.74. The first-order chi connectivity index (χ1) is 17.8. The highest BCUT2D eigenvalue weighted by molar-refractivity contribution is 7.89. The summed E-state index contributed by atoms with van der Waals surface area (Å²) in [6.07, 6.45) is 1.12. The van der Waals surface area contributed by atoms with Crippen LogP contribution in [0.2, 0.25) is 0 Å². The molecular formula is C26H27N3O7S. The van der Waals surface area contributed by atoms with E-state index in [0.29, 0.717) is 54.2 Å². The highest BCUT2D eigenvalue weighted by Gasteiger charge is 2.33. The number of ether oxygens (including phenoxy) is 2.